The van der Waals surface area contributed by atoms with Gasteiger partial charge in [0.25, 0.3) is 5.69 Å². The Hall–Kier alpha value is -3.01. The average molecular weight is 397 g/mol. The molecule has 1 aromatic heterocycles. The molecule has 27 heavy (non-hydrogen) atoms. The SMILES string of the molecule is COS(=O)(=O)[O-].C[n+]1ccn(CCCNc2ccc([N+](=O)[O-])cc2C#N)c1. The minimum Gasteiger partial charge on any atom is -0.726 e. The molecule has 11 nitrogen and oxygen atoms in total. The highest BCUT2D eigenvalue weighted by atomic mass is 32.3. The van der Waals surface area contributed by atoms with E-state index in [2.05, 4.69) is 14.1 Å². The van der Waals surface area contributed by atoms with Gasteiger partial charge in [-0.25, -0.2) is 17.6 Å². The number of hydrogen-bond acceptors (Lipinski definition) is 8. The third-order valence-electron chi connectivity index (χ3n) is 3.27. The molecule has 0 fully saturated rings. The van der Waals surface area contributed by atoms with Crippen molar-refractivity contribution >= 4 is 21.8 Å². The second kappa shape index (κ2) is 10.2. The van der Waals surface area contributed by atoms with Gasteiger partial charge in [-0.3, -0.25) is 14.3 Å². The minimum atomic E-state index is -4.41. The molecule has 0 atom stereocenters. The lowest BCUT2D eigenvalue weighted by molar-refractivity contribution is -0.671. The molecular formula is C15H19N5O6S. The number of non-ortho nitro benzene ring substituents is 1. The number of aryl methyl sites for hydroxylation is 2. The highest BCUT2D eigenvalue weighted by Gasteiger charge is 2.10. The zero-order valence-corrected chi connectivity index (χ0v) is 15.5. The maximum Gasteiger partial charge on any atom is 0.270 e. The second-order valence-corrected chi connectivity index (χ2v) is 6.42. The third-order valence-corrected chi connectivity index (χ3v) is 3.68. The largest absolute Gasteiger partial charge is 0.726 e. The predicted molar refractivity (Wildman–Crippen MR) is 93.2 cm³/mol. The summed E-state index contributed by atoms with van der Waals surface area (Å²) >= 11 is 0. The van der Waals surface area contributed by atoms with Crippen LogP contribution < -0.4 is 9.88 Å². The van der Waals surface area contributed by atoms with Gasteiger partial charge in [0.05, 0.1) is 36.9 Å². The average Bonchev–Trinajstić information content (AvgIpc) is 3.03. The fraction of sp³-hybridized carbons (Fsp3) is 0.333. The lowest BCUT2D eigenvalue weighted by Gasteiger charge is -2.07. The number of hydrogen-bond donors (Lipinski definition) is 1. The van der Waals surface area contributed by atoms with Crippen LogP contribution in [0.3, 0.4) is 0 Å². The Morgan fingerprint density at radius 1 is 1.44 bits per heavy atom. The summed E-state index contributed by atoms with van der Waals surface area (Å²) in [7, 11) is -1.64. The van der Waals surface area contributed by atoms with E-state index in [0.717, 1.165) is 20.1 Å². The van der Waals surface area contributed by atoms with E-state index < -0.39 is 15.3 Å². The number of benzene rings is 1. The zero-order valence-electron chi connectivity index (χ0n) is 14.7. The van der Waals surface area contributed by atoms with Gasteiger partial charge in [0.15, 0.2) is 0 Å². The van der Waals surface area contributed by atoms with Crippen molar-refractivity contribution in [1.82, 2.24) is 4.57 Å². The van der Waals surface area contributed by atoms with Crippen molar-refractivity contribution < 1.29 is 26.6 Å². The molecule has 1 aromatic carbocycles. The number of nitrogens with zero attached hydrogens (tertiary/aromatic N) is 4. The summed E-state index contributed by atoms with van der Waals surface area (Å²) in [5, 5.41) is 22.9. The number of imidazole rings is 1. The first-order chi connectivity index (χ1) is 12.7. The van der Waals surface area contributed by atoms with Gasteiger partial charge in [-0.15, -0.1) is 0 Å². The summed E-state index contributed by atoms with van der Waals surface area (Å²) in [5.41, 5.74) is 0.842. The molecular weight excluding hydrogens is 378 g/mol. The number of nitro benzene ring substituents is 1. The maximum atomic E-state index is 10.7. The smallest absolute Gasteiger partial charge is 0.270 e. The van der Waals surface area contributed by atoms with Crippen molar-refractivity contribution in [3.8, 4) is 6.07 Å². The van der Waals surface area contributed by atoms with Crippen LogP contribution in [0.2, 0.25) is 0 Å². The second-order valence-electron chi connectivity index (χ2n) is 5.27. The summed E-state index contributed by atoms with van der Waals surface area (Å²) in [4.78, 5) is 10.2. The van der Waals surface area contributed by atoms with Crippen molar-refractivity contribution in [2.24, 2.45) is 7.05 Å². The Balaban J connectivity index is 0.000000527. The van der Waals surface area contributed by atoms with Gasteiger partial charge in [-0.1, -0.05) is 0 Å². The fourth-order valence-electron chi connectivity index (χ4n) is 2.01. The quantitative estimate of drug-likeness (QED) is 0.179. The summed E-state index contributed by atoms with van der Waals surface area (Å²) in [6.45, 7) is 1.55. The van der Waals surface area contributed by atoms with Gasteiger partial charge >= 0.3 is 0 Å². The molecule has 0 aliphatic heterocycles. The lowest BCUT2D eigenvalue weighted by Crippen LogP contribution is -2.23. The van der Waals surface area contributed by atoms with Crippen LogP contribution in [0.25, 0.3) is 0 Å². The van der Waals surface area contributed by atoms with Crippen molar-refractivity contribution in [1.29, 1.82) is 5.26 Å². The van der Waals surface area contributed by atoms with E-state index in [-0.39, 0.29) is 11.3 Å². The molecule has 2 rings (SSSR count). The van der Waals surface area contributed by atoms with E-state index in [9.17, 15) is 23.1 Å². The topological polar surface area (TPSA) is 154 Å². The van der Waals surface area contributed by atoms with Gasteiger partial charge in [-0.05, 0) is 6.07 Å². The van der Waals surface area contributed by atoms with E-state index in [4.69, 9.17) is 5.26 Å². The van der Waals surface area contributed by atoms with Gasteiger partial charge in [0.1, 0.15) is 18.5 Å². The Morgan fingerprint density at radius 2 is 2.11 bits per heavy atom. The van der Waals surface area contributed by atoms with Crippen LogP contribution in [-0.2, 0) is 28.2 Å². The molecule has 0 saturated carbocycles. The molecule has 0 aliphatic carbocycles. The van der Waals surface area contributed by atoms with Crippen LogP contribution in [0.1, 0.15) is 12.0 Å². The number of aromatic nitrogens is 2. The molecule has 0 aliphatic rings. The molecule has 0 bridgehead atoms. The molecule has 0 saturated heterocycles. The summed E-state index contributed by atoms with van der Waals surface area (Å²) in [6.07, 6.45) is 6.84. The highest BCUT2D eigenvalue weighted by molar-refractivity contribution is 7.80. The molecule has 0 radical (unpaired) electrons. The standard InChI is InChI=1S/C14H16N5O2.CH4O4S/c1-17-7-8-18(11-17)6-2-5-16-14-4-3-13(19(20)21)9-12(14)10-15;1-5-6(2,3)4/h3-4,7-9,11,16H,2,5-6H2,1H3;1H3,(H,2,3,4)/q+1;/p-1. The summed E-state index contributed by atoms with van der Waals surface area (Å²) in [6, 6.07) is 6.24. The summed E-state index contributed by atoms with van der Waals surface area (Å²) < 4.78 is 35.1. The minimum absolute atomic E-state index is 0.0723. The molecule has 1 heterocycles. The lowest BCUT2D eigenvalue weighted by atomic mass is 10.1. The molecule has 146 valence electrons. The fourth-order valence-corrected chi connectivity index (χ4v) is 2.01. The first kappa shape index (κ1) is 22.0. The van der Waals surface area contributed by atoms with E-state index in [1.807, 2.05) is 36.4 Å². The Labute approximate surface area is 156 Å². The van der Waals surface area contributed by atoms with Gasteiger partial charge < -0.3 is 9.87 Å². The Morgan fingerprint density at radius 3 is 2.59 bits per heavy atom. The van der Waals surface area contributed by atoms with Crippen molar-refractivity contribution in [2.45, 2.75) is 13.0 Å². The molecule has 0 spiro atoms. The van der Waals surface area contributed by atoms with Crippen LogP contribution in [0.4, 0.5) is 11.4 Å². The monoisotopic (exact) mass is 397 g/mol. The van der Waals surface area contributed by atoms with Crippen LogP contribution >= 0.6 is 0 Å². The van der Waals surface area contributed by atoms with Crippen LogP contribution in [0.5, 0.6) is 0 Å². The number of nitriles is 1. The van der Waals surface area contributed by atoms with E-state index >= 15 is 0 Å². The predicted octanol–water partition coefficient (Wildman–Crippen LogP) is 0.688. The Kier molecular flexibility index (Phi) is 8.34. The molecule has 0 unspecified atom stereocenters. The van der Waals surface area contributed by atoms with Gasteiger partial charge in [0.2, 0.25) is 16.7 Å². The van der Waals surface area contributed by atoms with Gasteiger partial charge in [0, 0.05) is 25.1 Å². The van der Waals surface area contributed by atoms with Crippen molar-refractivity contribution in [3.63, 3.8) is 0 Å². The first-order valence-electron chi connectivity index (χ1n) is 7.61. The van der Waals surface area contributed by atoms with E-state index in [1.165, 1.54) is 12.1 Å². The number of anilines is 1. The molecule has 2 aromatic rings. The molecule has 1 N–H and O–H groups in total. The molecule has 0 amide bonds. The molecule has 12 heteroatoms. The van der Waals surface area contributed by atoms with Crippen LogP contribution in [0.15, 0.2) is 36.9 Å². The zero-order chi connectivity index (χ0) is 20.4. The third kappa shape index (κ3) is 8.27. The maximum absolute atomic E-state index is 10.7. The van der Waals surface area contributed by atoms with E-state index in [0.29, 0.717) is 12.2 Å². The summed E-state index contributed by atoms with van der Waals surface area (Å²) in [5.74, 6) is 0. The Bertz CT molecular complexity index is 919. The van der Waals surface area contributed by atoms with Crippen molar-refractivity contribution in [3.05, 3.63) is 52.6 Å². The number of rotatable bonds is 7. The highest BCUT2D eigenvalue weighted by Crippen LogP contribution is 2.21. The van der Waals surface area contributed by atoms with Crippen LogP contribution in [0, 0.1) is 21.4 Å². The van der Waals surface area contributed by atoms with Gasteiger partial charge in [-0.2, -0.15) is 5.26 Å². The van der Waals surface area contributed by atoms with Crippen molar-refractivity contribution in [2.75, 3.05) is 19.0 Å². The van der Waals surface area contributed by atoms with E-state index in [1.54, 1.807) is 6.07 Å². The number of nitrogens with one attached hydrogen (secondary N) is 1. The van der Waals surface area contributed by atoms with Crippen LogP contribution in [-0.4, -0.2) is 36.1 Å². The normalized spacial score (nSPS) is 10.4. The first-order valence-corrected chi connectivity index (χ1v) is 8.94. The number of nitro groups is 1.